The molecule has 7 nitrogen and oxygen atoms in total. The van der Waals surface area contributed by atoms with Gasteiger partial charge in [-0.1, -0.05) is 23.2 Å². The van der Waals surface area contributed by atoms with E-state index in [1.807, 2.05) is 0 Å². The fourth-order valence-corrected chi connectivity index (χ4v) is 2.20. The van der Waals surface area contributed by atoms with E-state index in [-0.39, 0.29) is 17.2 Å². The predicted octanol–water partition coefficient (Wildman–Crippen LogP) is 2.01. The minimum absolute atomic E-state index is 0.0299. The molecule has 0 bridgehead atoms. The molecule has 2 rings (SSSR count). The Balaban J connectivity index is 2.53. The van der Waals surface area contributed by atoms with Gasteiger partial charge in [-0.15, -0.1) is 0 Å². The van der Waals surface area contributed by atoms with E-state index in [2.05, 4.69) is 9.97 Å². The smallest absolute Gasteiger partial charge is 0.335 e. The zero-order chi connectivity index (χ0) is 14.0. The van der Waals surface area contributed by atoms with Gasteiger partial charge in [0.05, 0.1) is 18.1 Å². The summed E-state index contributed by atoms with van der Waals surface area (Å²) in [5, 5.41) is 11.3. The predicted molar refractivity (Wildman–Crippen MR) is 70.9 cm³/mol. The van der Waals surface area contributed by atoms with E-state index < -0.39 is 9.76 Å². The van der Waals surface area contributed by atoms with Crippen LogP contribution >= 0.6 is 23.2 Å². The molecule has 0 aromatic carbocycles. The van der Waals surface area contributed by atoms with Gasteiger partial charge in [0.15, 0.2) is 10.5 Å². The Morgan fingerprint density at radius 1 is 1.37 bits per heavy atom. The van der Waals surface area contributed by atoms with Gasteiger partial charge >= 0.3 is 5.69 Å². The summed E-state index contributed by atoms with van der Waals surface area (Å²) in [4.78, 5) is 19.6. The monoisotopic (exact) mass is 306 g/mol. The number of rotatable bonds is 3. The molecular formula is C10H12Cl2N4O3. The van der Waals surface area contributed by atoms with Crippen LogP contribution < -0.4 is 4.90 Å². The quantitative estimate of drug-likeness (QED) is 0.482. The molecule has 0 N–H and O–H groups in total. The van der Waals surface area contributed by atoms with Crippen molar-refractivity contribution in [3.05, 3.63) is 21.6 Å². The number of nitro groups is 1. The summed E-state index contributed by atoms with van der Waals surface area (Å²) in [6.45, 7) is 3.71. The summed E-state index contributed by atoms with van der Waals surface area (Å²) >= 11 is 11.5. The lowest BCUT2D eigenvalue weighted by Crippen LogP contribution is -2.37. The van der Waals surface area contributed by atoms with Crippen LogP contribution in [0.25, 0.3) is 0 Å². The topological polar surface area (TPSA) is 81.4 Å². The average molecular weight is 307 g/mol. The summed E-state index contributed by atoms with van der Waals surface area (Å²) in [5.74, 6) is 0.649. The zero-order valence-electron chi connectivity index (χ0n) is 10.2. The SMILES string of the molecule is Cc1nc(C(Cl)Cl)c([N+](=O)[O-])c(N2CCOCC2)n1. The number of aromatic nitrogens is 2. The van der Waals surface area contributed by atoms with Crippen molar-refractivity contribution >= 4 is 34.7 Å². The van der Waals surface area contributed by atoms with Crippen LogP contribution in [-0.2, 0) is 4.74 Å². The van der Waals surface area contributed by atoms with Crippen molar-refractivity contribution in [1.29, 1.82) is 0 Å². The molecule has 9 heteroatoms. The standard InChI is InChI=1S/C10H12Cl2N4O3/c1-6-13-7(9(11)12)8(16(17)18)10(14-6)15-2-4-19-5-3-15/h9H,2-5H2,1H3. The largest absolute Gasteiger partial charge is 0.378 e. The van der Waals surface area contributed by atoms with Crippen LogP contribution in [0.15, 0.2) is 0 Å². The van der Waals surface area contributed by atoms with Gasteiger partial charge in [0.2, 0.25) is 5.82 Å². The Morgan fingerprint density at radius 2 is 2.00 bits per heavy atom. The van der Waals surface area contributed by atoms with E-state index in [0.29, 0.717) is 32.1 Å². The number of halogens is 2. The van der Waals surface area contributed by atoms with Crippen LogP contribution in [-0.4, -0.2) is 41.2 Å². The van der Waals surface area contributed by atoms with E-state index >= 15 is 0 Å². The van der Waals surface area contributed by atoms with Gasteiger partial charge in [-0.25, -0.2) is 9.97 Å². The molecule has 1 aliphatic heterocycles. The average Bonchev–Trinajstić information content (AvgIpc) is 2.38. The Morgan fingerprint density at radius 3 is 2.53 bits per heavy atom. The molecule has 19 heavy (non-hydrogen) atoms. The third-order valence-corrected chi connectivity index (χ3v) is 3.12. The zero-order valence-corrected chi connectivity index (χ0v) is 11.7. The second-order valence-electron chi connectivity index (χ2n) is 3.99. The van der Waals surface area contributed by atoms with E-state index in [9.17, 15) is 10.1 Å². The van der Waals surface area contributed by atoms with Crippen molar-refractivity contribution in [2.75, 3.05) is 31.2 Å². The van der Waals surface area contributed by atoms with E-state index in [4.69, 9.17) is 27.9 Å². The van der Waals surface area contributed by atoms with Gasteiger partial charge in [0.25, 0.3) is 0 Å². The Hall–Kier alpha value is -1.18. The normalized spacial score (nSPS) is 15.9. The third kappa shape index (κ3) is 3.05. The highest BCUT2D eigenvalue weighted by molar-refractivity contribution is 6.44. The van der Waals surface area contributed by atoms with Crippen LogP contribution in [0, 0.1) is 17.0 Å². The highest BCUT2D eigenvalue weighted by Gasteiger charge is 2.31. The molecular weight excluding hydrogens is 295 g/mol. The minimum Gasteiger partial charge on any atom is -0.378 e. The fraction of sp³-hybridized carbons (Fsp3) is 0.600. The summed E-state index contributed by atoms with van der Waals surface area (Å²) in [7, 11) is 0. The molecule has 1 aromatic rings. The second kappa shape index (κ2) is 5.85. The molecule has 0 amide bonds. The first-order chi connectivity index (χ1) is 9.00. The molecule has 0 unspecified atom stereocenters. The number of alkyl halides is 2. The van der Waals surface area contributed by atoms with Crippen LogP contribution in [0.4, 0.5) is 11.5 Å². The van der Waals surface area contributed by atoms with Crippen LogP contribution in [0.2, 0.25) is 0 Å². The Bertz CT molecular complexity index is 492. The molecule has 0 spiro atoms. The first-order valence-electron chi connectivity index (χ1n) is 5.64. The van der Waals surface area contributed by atoms with Gasteiger partial charge in [-0.05, 0) is 6.92 Å². The number of ether oxygens (including phenoxy) is 1. The molecule has 0 saturated carbocycles. The molecule has 0 aliphatic carbocycles. The minimum atomic E-state index is -1.07. The lowest BCUT2D eigenvalue weighted by Gasteiger charge is -2.27. The third-order valence-electron chi connectivity index (χ3n) is 2.70. The number of hydrogen-bond donors (Lipinski definition) is 0. The molecule has 1 aliphatic rings. The molecule has 2 heterocycles. The van der Waals surface area contributed by atoms with Gasteiger partial charge in [-0.2, -0.15) is 0 Å². The maximum atomic E-state index is 11.3. The summed E-state index contributed by atoms with van der Waals surface area (Å²) in [5.41, 5.74) is -0.204. The lowest BCUT2D eigenvalue weighted by molar-refractivity contribution is -0.385. The van der Waals surface area contributed by atoms with Crippen LogP contribution in [0.1, 0.15) is 16.4 Å². The van der Waals surface area contributed by atoms with Crippen molar-refractivity contribution in [1.82, 2.24) is 9.97 Å². The van der Waals surface area contributed by atoms with Gasteiger partial charge in [-0.3, -0.25) is 10.1 Å². The first kappa shape index (κ1) is 14.2. The first-order valence-corrected chi connectivity index (χ1v) is 6.51. The molecule has 1 aromatic heterocycles. The van der Waals surface area contributed by atoms with Crippen molar-refractivity contribution < 1.29 is 9.66 Å². The molecule has 0 radical (unpaired) electrons. The van der Waals surface area contributed by atoms with Gasteiger partial charge < -0.3 is 9.64 Å². The van der Waals surface area contributed by atoms with E-state index in [0.717, 1.165) is 0 Å². The van der Waals surface area contributed by atoms with Crippen LogP contribution in [0.5, 0.6) is 0 Å². The van der Waals surface area contributed by atoms with E-state index in [1.54, 1.807) is 11.8 Å². The van der Waals surface area contributed by atoms with Crippen molar-refractivity contribution in [2.45, 2.75) is 11.8 Å². The maximum absolute atomic E-state index is 11.3. The van der Waals surface area contributed by atoms with Crippen molar-refractivity contribution in [2.24, 2.45) is 0 Å². The maximum Gasteiger partial charge on any atom is 0.335 e. The van der Waals surface area contributed by atoms with Gasteiger partial charge in [0, 0.05) is 13.1 Å². The Kier molecular flexibility index (Phi) is 4.38. The molecule has 104 valence electrons. The number of hydrogen-bond acceptors (Lipinski definition) is 6. The fourth-order valence-electron chi connectivity index (χ4n) is 1.90. The summed E-state index contributed by atoms with van der Waals surface area (Å²) in [6.07, 6.45) is 0. The number of nitrogens with zero attached hydrogens (tertiary/aromatic N) is 4. The van der Waals surface area contributed by atoms with Crippen molar-refractivity contribution in [3.8, 4) is 0 Å². The highest BCUT2D eigenvalue weighted by atomic mass is 35.5. The Labute approximate surface area is 119 Å². The summed E-state index contributed by atoms with van der Waals surface area (Å²) < 4.78 is 5.22. The van der Waals surface area contributed by atoms with Crippen LogP contribution in [0.3, 0.4) is 0 Å². The van der Waals surface area contributed by atoms with Crippen molar-refractivity contribution in [3.63, 3.8) is 0 Å². The molecule has 0 atom stereocenters. The second-order valence-corrected chi connectivity index (χ2v) is 5.08. The van der Waals surface area contributed by atoms with Gasteiger partial charge in [0.1, 0.15) is 5.82 Å². The van der Waals surface area contributed by atoms with E-state index in [1.165, 1.54) is 0 Å². The number of morpholine rings is 1. The number of aryl methyl sites for hydroxylation is 1. The molecule has 1 fully saturated rings. The number of anilines is 1. The summed E-state index contributed by atoms with van der Waals surface area (Å²) in [6, 6.07) is 0. The molecule has 1 saturated heterocycles. The highest BCUT2D eigenvalue weighted by Crippen LogP contribution is 2.37. The lowest BCUT2D eigenvalue weighted by atomic mass is 10.3.